The average molecular weight is 262 g/mol. The van der Waals surface area contributed by atoms with Gasteiger partial charge in [0.15, 0.2) is 0 Å². The van der Waals surface area contributed by atoms with Crippen LogP contribution in [-0.2, 0) is 6.54 Å². The number of rotatable bonds is 7. The number of anilines is 1. The Balaban J connectivity index is 2.86. The molecule has 1 atom stereocenters. The molecule has 0 saturated heterocycles. The molecule has 1 rings (SSSR count). The summed E-state index contributed by atoms with van der Waals surface area (Å²) in [5, 5.41) is 3.47. The lowest BCUT2D eigenvalue weighted by molar-refractivity contribution is 0.588. The SMILES string of the molecule is CCC(C)N(CC)c1ccc(CNC(C)C)cc1C. The Morgan fingerprint density at radius 2 is 1.84 bits per heavy atom. The van der Waals surface area contributed by atoms with Gasteiger partial charge in [-0.05, 0) is 44.4 Å². The molecule has 0 heterocycles. The van der Waals surface area contributed by atoms with Gasteiger partial charge in [-0.15, -0.1) is 0 Å². The van der Waals surface area contributed by atoms with Crippen LogP contribution in [0.25, 0.3) is 0 Å². The first-order chi connectivity index (χ1) is 8.99. The molecule has 108 valence electrons. The van der Waals surface area contributed by atoms with Crippen molar-refractivity contribution in [3.63, 3.8) is 0 Å². The van der Waals surface area contributed by atoms with Crippen molar-refractivity contribution in [3.8, 4) is 0 Å². The lowest BCUT2D eigenvalue weighted by atomic mass is 10.1. The van der Waals surface area contributed by atoms with Crippen LogP contribution in [0.4, 0.5) is 5.69 Å². The van der Waals surface area contributed by atoms with Gasteiger partial charge in [-0.1, -0.05) is 32.9 Å². The van der Waals surface area contributed by atoms with E-state index in [4.69, 9.17) is 0 Å². The topological polar surface area (TPSA) is 15.3 Å². The second-order valence-corrected chi connectivity index (χ2v) is 5.70. The van der Waals surface area contributed by atoms with Crippen LogP contribution in [0.15, 0.2) is 18.2 Å². The molecule has 0 aromatic heterocycles. The molecule has 0 saturated carbocycles. The number of aryl methyl sites for hydroxylation is 1. The largest absolute Gasteiger partial charge is 0.369 e. The maximum Gasteiger partial charge on any atom is 0.0398 e. The zero-order valence-corrected chi connectivity index (χ0v) is 13.5. The number of hydrogen-bond donors (Lipinski definition) is 1. The second kappa shape index (κ2) is 7.54. The summed E-state index contributed by atoms with van der Waals surface area (Å²) in [6, 6.07) is 7.98. The van der Waals surface area contributed by atoms with Crippen molar-refractivity contribution in [2.24, 2.45) is 0 Å². The molecule has 1 unspecified atom stereocenters. The van der Waals surface area contributed by atoms with Gasteiger partial charge < -0.3 is 10.2 Å². The van der Waals surface area contributed by atoms with Gasteiger partial charge in [0.25, 0.3) is 0 Å². The van der Waals surface area contributed by atoms with E-state index in [2.05, 4.69) is 70.0 Å². The monoisotopic (exact) mass is 262 g/mol. The molecular weight excluding hydrogens is 232 g/mol. The molecule has 1 N–H and O–H groups in total. The van der Waals surface area contributed by atoms with Gasteiger partial charge in [-0.25, -0.2) is 0 Å². The molecule has 1 aromatic carbocycles. The van der Waals surface area contributed by atoms with Gasteiger partial charge in [-0.2, -0.15) is 0 Å². The van der Waals surface area contributed by atoms with E-state index < -0.39 is 0 Å². The standard InChI is InChI=1S/C17H30N2/c1-7-15(6)19(8-2)17-10-9-16(11-14(17)5)12-18-13(3)4/h9-11,13,15,18H,7-8,12H2,1-6H3. The molecule has 0 aliphatic heterocycles. The maximum absolute atomic E-state index is 3.47. The van der Waals surface area contributed by atoms with Crippen LogP contribution < -0.4 is 10.2 Å². The smallest absolute Gasteiger partial charge is 0.0398 e. The van der Waals surface area contributed by atoms with E-state index in [0.717, 1.165) is 13.1 Å². The van der Waals surface area contributed by atoms with Crippen LogP contribution in [0.2, 0.25) is 0 Å². The van der Waals surface area contributed by atoms with Crippen LogP contribution >= 0.6 is 0 Å². The van der Waals surface area contributed by atoms with Gasteiger partial charge in [0, 0.05) is 30.9 Å². The van der Waals surface area contributed by atoms with Crippen molar-refractivity contribution < 1.29 is 0 Å². The van der Waals surface area contributed by atoms with Crippen LogP contribution in [0.1, 0.15) is 52.2 Å². The Hall–Kier alpha value is -1.02. The van der Waals surface area contributed by atoms with E-state index in [1.807, 2.05) is 0 Å². The fourth-order valence-electron chi connectivity index (χ4n) is 2.41. The maximum atomic E-state index is 3.47. The molecule has 0 aliphatic carbocycles. The number of hydrogen-bond acceptors (Lipinski definition) is 2. The Bertz CT molecular complexity index is 385. The summed E-state index contributed by atoms with van der Waals surface area (Å²) in [4.78, 5) is 2.50. The molecule has 2 nitrogen and oxygen atoms in total. The normalized spacial score (nSPS) is 12.8. The third-order valence-electron chi connectivity index (χ3n) is 3.75. The van der Waals surface area contributed by atoms with E-state index in [9.17, 15) is 0 Å². The fraction of sp³-hybridized carbons (Fsp3) is 0.647. The Morgan fingerprint density at radius 1 is 1.16 bits per heavy atom. The van der Waals surface area contributed by atoms with Gasteiger partial charge in [-0.3, -0.25) is 0 Å². The van der Waals surface area contributed by atoms with Crippen molar-refractivity contribution in [3.05, 3.63) is 29.3 Å². The molecule has 0 bridgehead atoms. The van der Waals surface area contributed by atoms with Crippen molar-refractivity contribution in [2.75, 3.05) is 11.4 Å². The number of nitrogens with one attached hydrogen (secondary N) is 1. The molecule has 0 fully saturated rings. The first kappa shape index (κ1) is 16.0. The molecule has 0 spiro atoms. The highest BCUT2D eigenvalue weighted by molar-refractivity contribution is 5.55. The van der Waals surface area contributed by atoms with Gasteiger partial charge >= 0.3 is 0 Å². The Kier molecular flexibility index (Phi) is 6.36. The highest BCUT2D eigenvalue weighted by Crippen LogP contribution is 2.24. The molecule has 0 aliphatic rings. The van der Waals surface area contributed by atoms with Gasteiger partial charge in [0.05, 0.1) is 0 Å². The predicted octanol–water partition coefficient (Wildman–Crippen LogP) is 4.12. The average Bonchev–Trinajstić information content (AvgIpc) is 2.38. The summed E-state index contributed by atoms with van der Waals surface area (Å²) in [6.45, 7) is 15.4. The van der Waals surface area contributed by atoms with Crippen molar-refractivity contribution in [1.29, 1.82) is 0 Å². The van der Waals surface area contributed by atoms with E-state index in [1.54, 1.807) is 0 Å². The van der Waals surface area contributed by atoms with Crippen LogP contribution in [-0.4, -0.2) is 18.6 Å². The number of nitrogens with zero attached hydrogens (tertiary/aromatic N) is 1. The molecule has 19 heavy (non-hydrogen) atoms. The van der Waals surface area contributed by atoms with Crippen LogP contribution in [0, 0.1) is 6.92 Å². The van der Waals surface area contributed by atoms with Crippen molar-refractivity contribution in [2.45, 2.75) is 66.6 Å². The Morgan fingerprint density at radius 3 is 2.32 bits per heavy atom. The van der Waals surface area contributed by atoms with Gasteiger partial charge in [0.1, 0.15) is 0 Å². The quantitative estimate of drug-likeness (QED) is 0.795. The van der Waals surface area contributed by atoms with Gasteiger partial charge in [0.2, 0.25) is 0 Å². The summed E-state index contributed by atoms with van der Waals surface area (Å²) >= 11 is 0. The minimum atomic E-state index is 0.534. The second-order valence-electron chi connectivity index (χ2n) is 5.70. The van der Waals surface area contributed by atoms with Crippen molar-refractivity contribution >= 4 is 5.69 Å². The highest BCUT2D eigenvalue weighted by Gasteiger charge is 2.13. The van der Waals surface area contributed by atoms with E-state index in [-0.39, 0.29) is 0 Å². The summed E-state index contributed by atoms with van der Waals surface area (Å²) in [5.41, 5.74) is 4.13. The fourth-order valence-corrected chi connectivity index (χ4v) is 2.41. The summed E-state index contributed by atoms with van der Waals surface area (Å²) in [7, 11) is 0. The molecule has 2 heteroatoms. The predicted molar refractivity (Wildman–Crippen MR) is 85.9 cm³/mol. The molecular formula is C17H30N2. The van der Waals surface area contributed by atoms with E-state index in [0.29, 0.717) is 12.1 Å². The minimum absolute atomic E-state index is 0.534. The number of benzene rings is 1. The molecule has 0 radical (unpaired) electrons. The van der Waals surface area contributed by atoms with Crippen LogP contribution in [0.3, 0.4) is 0 Å². The highest BCUT2D eigenvalue weighted by atomic mass is 15.1. The zero-order valence-electron chi connectivity index (χ0n) is 13.5. The third-order valence-corrected chi connectivity index (χ3v) is 3.75. The zero-order chi connectivity index (χ0) is 14.4. The summed E-state index contributed by atoms with van der Waals surface area (Å²) < 4.78 is 0. The first-order valence-corrected chi connectivity index (χ1v) is 7.59. The summed E-state index contributed by atoms with van der Waals surface area (Å²) in [5.74, 6) is 0. The Labute approximate surface area is 119 Å². The molecule has 1 aromatic rings. The van der Waals surface area contributed by atoms with Crippen LogP contribution in [0.5, 0.6) is 0 Å². The molecule has 0 amide bonds. The lowest BCUT2D eigenvalue weighted by Crippen LogP contribution is -2.32. The van der Waals surface area contributed by atoms with E-state index in [1.165, 1.54) is 23.2 Å². The first-order valence-electron chi connectivity index (χ1n) is 7.59. The lowest BCUT2D eigenvalue weighted by Gasteiger charge is -2.31. The minimum Gasteiger partial charge on any atom is -0.369 e. The van der Waals surface area contributed by atoms with E-state index >= 15 is 0 Å². The summed E-state index contributed by atoms with van der Waals surface area (Å²) in [6.07, 6.45) is 1.18. The van der Waals surface area contributed by atoms with Crippen molar-refractivity contribution in [1.82, 2.24) is 5.32 Å². The third kappa shape index (κ3) is 4.54.